The summed E-state index contributed by atoms with van der Waals surface area (Å²) in [6, 6.07) is 8.44. The van der Waals surface area contributed by atoms with Crippen LogP contribution in [-0.2, 0) is 25.9 Å². The number of carbonyl (C=O) groups excluding carboxylic acids is 1. The van der Waals surface area contributed by atoms with Crippen LogP contribution in [0.2, 0.25) is 0 Å². The van der Waals surface area contributed by atoms with Crippen LogP contribution in [0.15, 0.2) is 30.5 Å². The van der Waals surface area contributed by atoms with Gasteiger partial charge in [-0.05, 0) is 24.0 Å². The Morgan fingerprint density at radius 1 is 1.09 bits per heavy atom. The molecule has 1 amide bonds. The van der Waals surface area contributed by atoms with Gasteiger partial charge in [-0.1, -0.05) is 24.3 Å². The number of hydrogen-bond donors (Lipinski definition) is 1. The molecule has 23 heavy (non-hydrogen) atoms. The van der Waals surface area contributed by atoms with Crippen molar-refractivity contribution >= 4 is 5.91 Å². The molecule has 5 heteroatoms. The van der Waals surface area contributed by atoms with Gasteiger partial charge < -0.3 is 14.8 Å². The van der Waals surface area contributed by atoms with E-state index in [1.165, 1.54) is 11.1 Å². The molecule has 1 aromatic heterocycles. The van der Waals surface area contributed by atoms with Crippen molar-refractivity contribution in [1.29, 1.82) is 0 Å². The van der Waals surface area contributed by atoms with Gasteiger partial charge in [0, 0.05) is 45.3 Å². The van der Waals surface area contributed by atoms with Crippen LogP contribution in [0.25, 0.3) is 0 Å². The number of rotatable bonds is 1. The minimum absolute atomic E-state index is 0.0650. The van der Waals surface area contributed by atoms with Gasteiger partial charge in [0.25, 0.3) is 5.91 Å². The number of aromatic nitrogens is 2. The average Bonchev–Trinajstić information content (AvgIpc) is 2.75. The monoisotopic (exact) mass is 310 g/mol. The van der Waals surface area contributed by atoms with Crippen molar-refractivity contribution in [3.63, 3.8) is 0 Å². The Hall–Kier alpha value is -2.14. The highest BCUT2D eigenvalue weighted by molar-refractivity contribution is 5.92. The zero-order valence-corrected chi connectivity index (χ0v) is 13.3. The summed E-state index contributed by atoms with van der Waals surface area (Å²) in [7, 11) is 0. The first-order valence-electron chi connectivity index (χ1n) is 8.44. The van der Waals surface area contributed by atoms with Crippen molar-refractivity contribution in [2.45, 2.75) is 32.4 Å². The van der Waals surface area contributed by atoms with E-state index < -0.39 is 0 Å². The largest absolute Gasteiger partial charge is 0.333 e. The standard InChI is InChI=1S/C18H22N4O/c23-18(16-13-21-11-9-19-8-7-17(21)20-16)22-10-3-6-14-4-1-2-5-15(14)12-22/h1-2,4-5,13,19H,3,6-12H2. The van der Waals surface area contributed by atoms with Gasteiger partial charge in [-0.3, -0.25) is 4.79 Å². The molecule has 120 valence electrons. The minimum Gasteiger partial charge on any atom is -0.333 e. The first-order valence-corrected chi connectivity index (χ1v) is 8.44. The molecule has 0 spiro atoms. The molecule has 4 rings (SSSR count). The van der Waals surface area contributed by atoms with E-state index in [4.69, 9.17) is 0 Å². The van der Waals surface area contributed by atoms with Crippen LogP contribution in [0.1, 0.15) is 33.9 Å². The molecule has 2 aromatic rings. The molecular formula is C18H22N4O. The zero-order chi connectivity index (χ0) is 15.6. The summed E-state index contributed by atoms with van der Waals surface area (Å²) in [5, 5.41) is 3.36. The smallest absolute Gasteiger partial charge is 0.274 e. The maximum atomic E-state index is 12.9. The van der Waals surface area contributed by atoms with Crippen molar-refractivity contribution in [3.05, 3.63) is 53.1 Å². The summed E-state index contributed by atoms with van der Waals surface area (Å²) < 4.78 is 2.12. The topological polar surface area (TPSA) is 50.2 Å². The lowest BCUT2D eigenvalue weighted by atomic mass is 10.0. The molecule has 1 aromatic carbocycles. The van der Waals surface area contributed by atoms with Crippen molar-refractivity contribution in [3.8, 4) is 0 Å². The van der Waals surface area contributed by atoms with Crippen molar-refractivity contribution < 1.29 is 4.79 Å². The summed E-state index contributed by atoms with van der Waals surface area (Å²) in [6.45, 7) is 4.25. The second-order valence-corrected chi connectivity index (χ2v) is 6.33. The predicted molar refractivity (Wildman–Crippen MR) is 88.3 cm³/mol. The second-order valence-electron chi connectivity index (χ2n) is 6.33. The van der Waals surface area contributed by atoms with Gasteiger partial charge in [-0.15, -0.1) is 0 Å². The number of nitrogens with zero attached hydrogens (tertiary/aromatic N) is 3. The fourth-order valence-electron chi connectivity index (χ4n) is 3.51. The second kappa shape index (κ2) is 6.16. The first-order chi connectivity index (χ1) is 11.3. The third kappa shape index (κ3) is 2.88. The quantitative estimate of drug-likeness (QED) is 0.871. The Bertz CT molecular complexity index is 698. The van der Waals surface area contributed by atoms with E-state index in [-0.39, 0.29) is 5.91 Å². The maximum Gasteiger partial charge on any atom is 0.274 e. The van der Waals surface area contributed by atoms with Gasteiger partial charge in [0.1, 0.15) is 11.5 Å². The zero-order valence-electron chi connectivity index (χ0n) is 13.3. The Morgan fingerprint density at radius 3 is 2.87 bits per heavy atom. The summed E-state index contributed by atoms with van der Waals surface area (Å²) in [5.41, 5.74) is 3.24. The SMILES string of the molecule is O=C(c1cn2c(n1)CCNCC2)N1CCCc2ccccc2C1. The van der Waals surface area contributed by atoms with Crippen molar-refractivity contribution in [1.82, 2.24) is 19.8 Å². The van der Waals surface area contributed by atoms with E-state index in [1.807, 2.05) is 11.1 Å². The lowest BCUT2D eigenvalue weighted by Gasteiger charge is -2.19. The molecule has 5 nitrogen and oxygen atoms in total. The molecule has 0 radical (unpaired) electrons. The molecule has 0 bridgehead atoms. The molecule has 0 fully saturated rings. The Balaban J connectivity index is 1.57. The van der Waals surface area contributed by atoms with Gasteiger partial charge in [0.15, 0.2) is 0 Å². The number of aryl methyl sites for hydroxylation is 1. The van der Waals surface area contributed by atoms with E-state index in [2.05, 4.69) is 39.1 Å². The molecule has 0 saturated carbocycles. The molecule has 2 aliphatic heterocycles. The van der Waals surface area contributed by atoms with Crippen LogP contribution < -0.4 is 5.32 Å². The summed E-state index contributed by atoms with van der Waals surface area (Å²) in [4.78, 5) is 19.5. The molecule has 0 saturated heterocycles. The number of carbonyl (C=O) groups is 1. The highest BCUT2D eigenvalue weighted by Crippen LogP contribution is 2.20. The number of nitrogens with one attached hydrogen (secondary N) is 1. The maximum absolute atomic E-state index is 12.9. The minimum atomic E-state index is 0.0650. The Labute approximate surface area is 136 Å². The first kappa shape index (κ1) is 14.5. The summed E-state index contributed by atoms with van der Waals surface area (Å²) in [5.74, 6) is 1.09. The van der Waals surface area contributed by atoms with E-state index >= 15 is 0 Å². The van der Waals surface area contributed by atoms with Crippen LogP contribution in [0.4, 0.5) is 0 Å². The number of fused-ring (bicyclic) bond motifs is 2. The van der Waals surface area contributed by atoms with Gasteiger partial charge in [-0.25, -0.2) is 4.98 Å². The van der Waals surface area contributed by atoms with E-state index in [9.17, 15) is 4.79 Å². The average molecular weight is 310 g/mol. The van der Waals surface area contributed by atoms with Gasteiger partial charge in [0.2, 0.25) is 0 Å². The number of imidazole rings is 1. The summed E-state index contributed by atoms with van der Waals surface area (Å²) in [6.07, 6.45) is 4.88. The predicted octanol–water partition coefficient (Wildman–Crippen LogP) is 1.62. The lowest BCUT2D eigenvalue weighted by Crippen LogP contribution is -2.31. The van der Waals surface area contributed by atoms with Gasteiger partial charge in [0.05, 0.1) is 0 Å². The van der Waals surface area contributed by atoms with Crippen molar-refractivity contribution in [2.24, 2.45) is 0 Å². The van der Waals surface area contributed by atoms with E-state index in [1.54, 1.807) is 0 Å². The third-order valence-electron chi connectivity index (χ3n) is 4.77. The van der Waals surface area contributed by atoms with Crippen LogP contribution in [-0.4, -0.2) is 40.0 Å². The molecule has 1 N–H and O–H groups in total. The molecule has 0 atom stereocenters. The normalized spacial score (nSPS) is 17.8. The number of hydrogen-bond acceptors (Lipinski definition) is 3. The van der Waals surface area contributed by atoms with E-state index in [0.717, 1.165) is 51.3 Å². The lowest BCUT2D eigenvalue weighted by molar-refractivity contribution is 0.0740. The van der Waals surface area contributed by atoms with Crippen LogP contribution in [0, 0.1) is 0 Å². The Kier molecular flexibility index (Phi) is 3.87. The van der Waals surface area contributed by atoms with Crippen LogP contribution in [0.5, 0.6) is 0 Å². The molecule has 2 aliphatic rings. The third-order valence-corrected chi connectivity index (χ3v) is 4.77. The highest BCUT2D eigenvalue weighted by Gasteiger charge is 2.23. The molecule has 0 unspecified atom stereocenters. The molecule has 3 heterocycles. The fourth-order valence-corrected chi connectivity index (χ4v) is 3.51. The highest BCUT2D eigenvalue weighted by atomic mass is 16.2. The molecule has 0 aliphatic carbocycles. The fraction of sp³-hybridized carbons (Fsp3) is 0.444. The number of benzene rings is 1. The van der Waals surface area contributed by atoms with Gasteiger partial charge >= 0.3 is 0 Å². The van der Waals surface area contributed by atoms with E-state index in [0.29, 0.717) is 12.2 Å². The van der Waals surface area contributed by atoms with Gasteiger partial charge in [-0.2, -0.15) is 0 Å². The van der Waals surface area contributed by atoms with Crippen molar-refractivity contribution in [2.75, 3.05) is 19.6 Å². The van der Waals surface area contributed by atoms with Crippen LogP contribution >= 0.6 is 0 Å². The Morgan fingerprint density at radius 2 is 1.96 bits per heavy atom. The molecular weight excluding hydrogens is 288 g/mol. The number of amides is 1. The summed E-state index contributed by atoms with van der Waals surface area (Å²) >= 11 is 0. The van der Waals surface area contributed by atoms with Crippen LogP contribution in [0.3, 0.4) is 0 Å².